The van der Waals surface area contributed by atoms with Crippen LogP contribution < -0.4 is 4.74 Å². The third kappa shape index (κ3) is 3.22. The third-order valence-electron chi connectivity index (χ3n) is 2.24. The first-order chi connectivity index (χ1) is 8.58. The van der Waals surface area contributed by atoms with Crippen molar-refractivity contribution in [2.45, 2.75) is 6.61 Å². The number of aliphatic hydroxyl groups is 1. The van der Waals surface area contributed by atoms with Gasteiger partial charge in [-0.25, -0.2) is 4.39 Å². The smallest absolute Gasteiger partial charge is 0.146 e. The number of aliphatic hydroxyl groups excluding tert-OH is 1. The normalized spacial score (nSPS) is 10.4. The van der Waals surface area contributed by atoms with E-state index in [-0.39, 0.29) is 6.61 Å². The molecule has 0 aromatic heterocycles. The molecule has 2 nitrogen and oxygen atoms in total. The van der Waals surface area contributed by atoms with Crippen LogP contribution in [0.15, 0.2) is 40.9 Å². The highest BCUT2D eigenvalue weighted by Crippen LogP contribution is 2.31. The van der Waals surface area contributed by atoms with E-state index in [1.807, 2.05) is 0 Å². The van der Waals surface area contributed by atoms with Gasteiger partial charge in [0.2, 0.25) is 0 Å². The molecule has 0 heterocycles. The number of rotatable bonds is 3. The molecular weight excluding hydrogens is 322 g/mol. The fraction of sp³-hybridized carbons (Fsp3) is 0.0769. The van der Waals surface area contributed by atoms with Gasteiger partial charge in [-0.2, -0.15) is 0 Å². The van der Waals surface area contributed by atoms with E-state index in [0.29, 0.717) is 26.6 Å². The summed E-state index contributed by atoms with van der Waals surface area (Å²) in [4.78, 5) is 0. The zero-order valence-electron chi connectivity index (χ0n) is 9.16. The first-order valence-corrected chi connectivity index (χ1v) is 6.29. The van der Waals surface area contributed by atoms with Gasteiger partial charge in [0.05, 0.1) is 11.6 Å². The topological polar surface area (TPSA) is 29.5 Å². The molecule has 2 rings (SSSR count). The van der Waals surface area contributed by atoms with Crippen LogP contribution in [0.25, 0.3) is 0 Å². The molecule has 0 fully saturated rings. The number of hydrogen-bond acceptors (Lipinski definition) is 2. The van der Waals surface area contributed by atoms with E-state index < -0.39 is 5.82 Å². The molecule has 2 aromatic rings. The summed E-state index contributed by atoms with van der Waals surface area (Å²) in [6.07, 6.45) is 0. The van der Waals surface area contributed by atoms with Crippen LogP contribution in [0.5, 0.6) is 11.5 Å². The zero-order valence-corrected chi connectivity index (χ0v) is 11.5. The summed E-state index contributed by atoms with van der Waals surface area (Å²) in [5, 5.41) is 9.32. The lowest BCUT2D eigenvalue weighted by molar-refractivity contribution is 0.281. The highest BCUT2D eigenvalue weighted by atomic mass is 79.9. The van der Waals surface area contributed by atoms with Crippen molar-refractivity contribution in [1.82, 2.24) is 0 Å². The zero-order chi connectivity index (χ0) is 13.1. The van der Waals surface area contributed by atoms with Crippen LogP contribution >= 0.6 is 27.5 Å². The van der Waals surface area contributed by atoms with Crippen molar-refractivity contribution < 1.29 is 14.2 Å². The summed E-state index contributed by atoms with van der Waals surface area (Å²) < 4.78 is 19.2. The molecular formula is C13H9BrClFO2. The predicted octanol–water partition coefficient (Wildman–Crippen LogP) is 4.53. The minimum Gasteiger partial charge on any atom is -0.456 e. The van der Waals surface area contributed by atoms with Crippen LogP contribution in [0.2, 0.25) is 5.02 Å². The molecule has 0 bridgehead atoms. The van der Waals surface area contributed by atoms with Gasteiger partial charge in [0.1, 0.15) is 17.3 Å². The molecule has 0 saturated heterocycles. The van der Waals surface area contributed by atoms with Crippen LogP contribution in [0.4, 0.5) is 4.39 Å². The van der Waals surface area contributed by atoms with Crippen LogP contribution in [-0.4, -0.2) is 5.11 Å². The number of hydrogen-bond donors (Lipinski definition) is 1. The minimum atomic E-state index is -0.400. The maximum absolute atomic E-state index is 13.2. The van der Waals surface area contributed by atoms with Crippen LogP contribution in [-0.2, 0) is 6.61 Å². The Kier molecular flexibility index (Phi) is 4.22. The molecule has 18 heavy (non-hydrogen) atoms. The van der Waals surface area contributed by atoms with Crippen LogP contribution in [0.3, 0.4) is 0 Å². The first kappa shape index (κ1) is 13.3. The Morgan fingerprint density at radius 1 is 1.22 bits per heavy atom. The van der Waals surface area contributed by atoms with Gasteiger partial charge in [-0.3, -0.25) is 0 Å². The van der Waals surface area contributed by atoms with E-state index >= 15 is 0 Å². The molecule has 0 atom stereocenters. The van der Waals surface area contributed by atoms with Crippen LogP contribution in [0.1, 0.15) is 5.56 Å². The Labute approximate surface area is 117 Å². The summed E-state index contributed by atoms with van der Waals surface area (Å²) >= 11 is 9.18. The highest BCUT2D eigenvalue weighted by Gasteiger charge is 2.06. The second kappa shape index (κ2) is 5.69. The SMILES string of the molecule is OCc1ccc(Oc2cc(F)cc(Br)c2)c(Cl)c1. The van der Waals surface area contributed by atoms with Crippen molar-refractivity contribution in [3.63, 3.8) is 0 Å². The Bertz CT molecular complexity index is 555. The molecule has 1 N–H and O–H groups in total. The van der Waals surface area contributed by atoms with Gasteiger partial charge in [0, 0.05) is 10.5 Å². The van der Waals surface area contributed by atoms with Crippen LogP contribution in [0, 0.1) is 5.82 Å². The van der Waals surface area contributed by atoms with E-state index in [9.17, 15) is 4.39 Å². The predicted molar refractivity (Wildman–Crippen MR) is 71.5 cm³/mol. The summed E-state index contributed by atoms with van der Waals surface area (Å²) in [7, 11) is 0. The fourth-order valence-corrected chi connectivity index (χ4v) is 2.13. The summed E-state index contributed by atoms with van der Waals surface area (Å²) in [6.45, 7) is -0.0918. The van der Waals surface area contributed by atoms with Gasteiger partial charge in [0.25, 0.3) is 0 Å². The first-order valence-electron chi connectivity index (χ1n) is 5.12. The Morgan fingerprint density at radius 3 is 2.61 bits per heavy atom. The Balaban J connectivity index is 2.28. The standard InChI is InChI=1S/C13H9BrClFO2/c14-9-4-10(16)6-11(5-9)18-13-2-1-8(7-17)3-12(13)15/h1-6,17H,7H2. The molecule has 0 saturated carbocycles. The third-order valence-corrected chi connectivity index (χ3v) is 3.00. The van der Waals surface area contributed by atoms with Crippen molar-refractivity contribution in [3.8, 4) is 11.5 Å². The molecule has 0 aliphatic carbocycles. The molecule has 2 aromatic carbocycles. The molecule has 0 aliphatic heterocycles. The lowest BCUT2D eigenvalue weighted by atomic mass is 10.2. The van der Waals surface area contributed by atoms with Crippen molar-refractivity contribution in [3.05, 3.63) is 57.3 Å². The molecule has 5 heteroatoms. The Hall–Kier alpha value is -1.10. The van der Waals surface area contributed by atoms with Gasteiger partial charge in [0.15, 0.2) is 0 Å². The highest BCUT2D eigenvalue weighted by molar-refractivity contribution is 9.10. The van der Waals surface area contributed by atoms with Crippen molar-refractivity contribution >= 4 is 27.5 Å². The van der Waals surface area contributed by atoms with Gasteiger partial charge in [-0.05, 0) is 29.8 Å². The van der Waals surface area contributed by atoms with E-state index in [1.54, 1.807) is 24.3 Å². The van der Waals surface area contributed by atoms with Crippen molar-refractivity contribution in [1.29, 1.82) is 0 Å². The lowest BCUT2D eigenvalue weighted by Crippen LogP contribution is -1.89. The van der Waals surface area contributed by atoms with Crippen molar-refractivity contribution in [2.75, 3.05) is 0 Å². The summed E-state index contributed by atoms with van der Waals surface area (Å²) in [5.41, 5.74) is 0.688. The second-order valence-electron chi connectivity index (χ2n) is 3.63. The average Bonchev–Trinajstić information content (AvgIpc) is 2.30. The second-order valence-corrected chi connectivity index (χ2v) is 4.95. The number of halogens is 3. The monoisotopic (exact) mass is 330 g/mol. The van der Waals surface area contributed by atoms with Gasteiger partial charge >= 0.3 is 0 Å². The fourth-order valence-electron chi connectivity index (χ4n) is 1.44. The average molecular weight is 332 g/mol. The lowest BCUT2D eigenvalue weighted by Gasteiger charge is -2.09. The van der Waals surface area contributed by atoms with Gasteiger partial charge in [-0.1, -0.05) is 33.6 Å². The molecule has 0 amide bonds. The number of benzene rings is 2. The molecule has 0 unspecified atom stereocenters. The molecule has 0 radical (unpaired) electrons. The molecule has 0 spiro atoms. The van der Waals surface area contributed by atoms with E-state index in [4.69, 9.17) is 21.4 Å². The van der Waals surface area contributed by atoms with Gasteiger partial charge in [-0.15, -0.1) is 0 Å². The summed E-state index contributed by atoms with van der Waals surface area (Å²) in [6, 6.07) is 9.16. The minimum absolute atomic E-state index is 0.0918. The van der Waals surface area contributed by atoms with E-state index in [2.05, 4.69) is 15.9 Å². The maximum atomic E-state index is 13.2. The largest absolute Gasteiger partial charge is 0.456 e. The van der Waals surface area contributed by atoms with Gasteiger partial charge < -0.3 is 9.84 Å². The summed E-state index contributed by atoms with van der Waals surface area (Å²) in [5.74, 6) is 0.356. The van der Waals surface area contributed by atoms with Crippen molar-refractivity contribution in [2.24, 2.45) is 0 Å². The Morgan fingerprint density at radius 2 is 2.00 bits per heavy atom. The van der Waals surface area contributed by atoms with E-state index in [0.717, 1.165) is 0 Å². The quantitative estimate of drug-likeness (QED) is 0.895. The number of ether oxygens (including phenoxy) is 1. The maximum Gasteiger partial charge on any atom is 0.146 e. The van der Waals surface area contributed by atoms with E-state index in [1.165, 1.54) is 12.1 Å². The molecule has 94 valence electrons. The molecule has 0 aliphatic rings.